The topological polar surface area (TPSA) is 164 Å². The van der Waals surface area contributed by atoms with Gasteiger partial charge in [-0.1, -0.05) is 0 Å². The molecule has 0 heterocycles. The molecule has 0 radical (unpaired) electrons. The van der Waals surface area contributed by atoms with Gasteiger partial charge in [-0.3, -0.25) is 23.7 Å². The van der Waals surface area contributed by atoms with Gasteiger partial charge in [0, 0.05) is 6.92 Å². The quantitative estimate of drug-likeness (QED) is 0.185. The molecule has 0 aliphatic carbocycles. The molecule has 0 aliphatic heterocycles. The smallest absolute Gasteiger partial charge is 0.403 e. The van der Waals surface area contributed by atoms with Crippen molar-refractivity contribution < 1.29 is 52.1 Å². The van der Waals surface area contributed by atoms with Crippen molar-refractivity contribution in [2.75, 3.05) is 33.5 Å². The predicted molar refractivity (Wildman–Crippen MR) is 92.7 cm³/mol. The van der Waals surface area contributed by atoms with Gasteiger partial charge >= 0.3 is 31.6 Å². The molecule has 0 aromatic heterocycles. The highest BCUT2D eigenvalue weighted by Gasteiger charge is 2.52. The van der Waals surface area contributed by atoms with Crippen molar-refractivity contribution in [3.8, 4) is 0 Å². The fraction of sp³-hybridized carbons (Fsp3) is 0.733. The summed E-state index contributed by atoms with van der Waals surface area (Å²) in [6.07, 6.45) is 0. The minimum atomic E-state index is -4.68. The molecule has 2 N–H and O–H groups in total. The first-order valence-electron chi connectivity index (χ1n) is 8.26. The molecule has 0 aromatic carbocycles. The number of nitrogens with one attached hydrogen (secondary N) is 1. The molecule has 0 aromatic rings. The summed E-state index contributed by atoms with van der Waals surface area (Å²) < 4.78 is 35.9. The molecule has 28 heavy (non-hydrogen) atoms. The third kappa shape index (κ3) is 7.93. The summed E-state index contributed by atoms with van der Waals surface area (Å²) in [4.78, 5) is 57.3. The Morgan fingerprint density at radius 1 is 1.04 bits per heavy atom. The molecule has 0 bridgehead atoms. The zero-order valence-electron chi connectivity index (χ0n) is 16.4. The van der Waals surface area contributed by atoms with Gasteiger partial charge < -0.3 is 23.8 Å². The lowest BCUT2D eigenvalue weighted by molar-refractivity contribution is -0.181. The molecule has 0 spiro atoms. The Morgan fingerprint density at radius 2 is 1.54 bits per heavy atom. The van der Waals surface area contributed by atoms with Crippen molar-refractivity contribution in [1.29, 1.82) is 0 Å². The van der Waals surface area contributed by atoms with Crippen molar-refractivity contribution in [2.45, 2.75) is 33.7 Å². The zero-order chi connectivity index (χ0) is 22.0. The highest BCUT2D eigenvalue weighted by molar-refractivity contribution is 7.50. The van der Waals surface area contributed by atoms with Crippen LogP contribution in [0.2, 0.25) is 0 Å². The van der Waals surface area contributed by atoms with Crippen molar-refractivity contribution in [3.05, 3.63) is 0 Å². The molecule has 0 amide bonds. The second-order valence-corrected chi connectivity index (χ2v) is 7.03. The van der Waals surface area contributed by atoms with E-state index in [4.69, 9.17) is 18.7 Å². The van der Waals surface area contributed by atoms with E-state index in [0.29, 0.717) is 0 Å². The van der Waals surface area contributed by atoms with Crippen LogP contribution in [0.4, 0.5) is 0 Å². The van der Waals surface area contributed by atoms with Crippen molar-refractivity contribution in [1.82, 2.24) is 5.09 Å². The standard InChI is InChI=1S/C15H26NO11P/c1-6-24-13(19)15(8-26-11(4)17,14(20)25-7-2)9-27-28(21,22)16-10(3)12(18)23-5/h10H,6-9H2,1-5H3,(H2,16,21,22)/t10-/m0/s1. The summed E-state index contributed by atoms with van der Waals surface area (Å²) in [7, 11) is -3.61. The molecule has 162 valence electrons. The third-order valence-corrected chi connectivity index (χ3v) is 4.44. The minimum Gasteiger partial charge on any atom is -0.468 e. The molecule has 0 saturated heterocycles. The molecule has 2 atom stereocenters. The number of hydrogen-bond acceptors (Lipinski definition) is 10. The largest absolute Gasteiger partial charge is 0.468 e. The fourth-order valence-corrected chi connectivity index (χ4v) is 2.90. The Kier molecular flexibility index (Phi) is 10.9. The number of hydrogen-bond donors (Lipinski definition) is 2. The third-order valence-electron chi connectivity index (χ3n) is 3.25. The lowest BCUT2D eigenvalue weighted by Crippen LogP contribution is -2.50. The van der Waals surface area contributed by atoms with Gasteiger partial charge in [-0.25, -0.2) is 9.65 Å². The molecular weight excluding hydrogens is 401 g/mol. The van der Waals surface area contributed by atoms with Crippen LogP contribution in [0.1, 0.15) is 27.7 Å². The monoisotopic (exact) mass is 427 g/mol. The minimum absolute atomic E-state index is 0.130. The van der Waals surface area contributed by atoms with Crippen LogP contribution in [0.5, 0.6) is 0 Å². The predicted octanol–water partition coefficient (Wildman–Crippen LogP) is -0.0698. The number of ether oxygens (including phenoxy) is 4. The zero-order valence-corrected chi connectivity index (χ0v) is 17.3. The van der Waals surface area contributed by atoms with Crippen LogP contribution in [0.3, 0.4) is 0 Å². The Labute approximate surface area is 162 Å². The summed E-state index contributed by atoms with van der Waals surface area (Å²) in [5.41, 5.74) is -2.34. The van der Waals surface area contributed by atoms with Crippen LogP contribution in [0.25, 0.3) is 0 Å². The Balaban J connectivity index is 5.66. The van der Waals surface area contributed by atoms with Gasteiger partial charge in [0.2, 0.25) is 5.41 Å². The molecular formula is C15H26NO11P. The molecule has 0 aliphatic rings. The van der Waals surface area contributed by atoms with E-state index in [1.54, 1.807) is 0 Å². The van der Waals surface area contributed by atoms with Gasteiger partial charge in [0.1, 0.15) is 12.6 Å². The van der Waals surface area contributed by atoms with E-state index >= 15 is 0 Å². The molecule has 13 heteroatoms. The number of carbonyl (C=O) groups excluding carboxylic acids is 4. The van der Waals surface area contributed by atoms with Gasteiger partial charge in [-0.2, -0.15) is 0 Å². The maximum atomic E-state index is 12.4. The first-order valence-corrected chi connectivity index (χ1v) is 9.84. The lowest BCUT2D eigenvalue weighted by atomic mass is 9.90. The van der Waals surface area contributed by atoms with Gasteiger partial charge in [-0.05, 0) is 20.8 Å². The Hall–Kier alpha value is -2.01. The molecule has 0 fully saturated rings. The van der Waals surface area contributed by atoms with Crippen LogP contribution in [-0.4, -0.2) is 68.3 Å². The first kappa shape index (κ1) is 26.0. The van der Waals surface area contributed by atoms with Gasteiger partial charge in [-0.15, -0.1) is 0 Å². The maximum absolute atomic E-state index is 12.4. The summed E-state index contributed by atoms with van der Waals surface area (Å²) in [6.45, 7) is 3.09. The molecule has 12 nitrogen and oxygen atoms in total. The van der Waals surface area contributed by atoms with Gasteiger partial charge in [0.05, 0.1) is 26.9 Å². The fourth-order valence-electron chi connectivity index (χ4n) is 1.83. The van der Waals surface area contributed by atoms with Crippen LogP contribution in [-0.2, 0) is 47.2 Å². The van der Waals surface area contributed by atoms with Crippen LogP contribution < -0.4 is 5.09 Å². The second kappa shape index (κ2) is 11.7. The summed E-state index contributed by atoms with van der Waals surface area (Å²) in [5.74, 6) is -4.01. The van der Waals surface area contributed by atoms with E-state index in [2.05, 4.69) is 4.74 Å². The first-order chi connectivity index (χ1) is 13.0. The van der Waals surface area contributed by atoms with Gasteiger partial charge in [0.25, 0.3) is 0 Å². The van der Waals surface area contributed by atoms with E-state index in [-0.39, 0.29) is 13.2 Å². The van der Waals surface area contributed by atoms with Crippen LogP contribution in [0.15, 0.2) is 0 Å². The van der Waals surface area contributed by atoms with E-state index in [9.17, 15) is 28.6 Å². The van der Waals surface area contributed by atoms with E-state index in [0.717, 1.165) is 14.0 Å². The van der Waals surface area contributed by atoms with E-state index in [1.165, 1.54) is 20.8 Å². The highest BCUT2D eigenvalue weighted by Crippen LogP contribution is 2.40. The lowest BCUT2D eigenvalue weighted by Gasteiger charge is -2.29. The van der Waals surface area contributed by atoms with E-state index < -0.39 is 56.3 Å². The number of esters is 4. The summed E-state index contributed by atoms with van der Waals surface area (Å²) >= 11 is 0. The number of carbonyl (C=O) groups is 4. The summed E-state index contributed by atoms with van der Waals surface area (Å²) in [6, 6.07) is -1.23. The Morgan fingerprint density at radius 3 is 1.93 bits per heavy atom. The van der Waals surface area contributed by atoms with Crippen LogP contribution >= 0.6 is 7.75 Å². The molecule has 0 rings (SSSR count). The van der Waals surface area contributed by atoms with Crippen molar-refractivity contribution in [3.63, 3.8) is 0 Å². The maximum Gasteiger partial charge on any atom is 0.403 e. The number of methoxy groups -OCH3 is 1. The van der Waals surface area contributed by atoms with Crippen LogP contribution in [0, 0.1) is 5.41 Å². The highest BCUT2D eigenvalue weighted by atomic mass is 31.2. The number of rotatable bonds is 12. The van der Waals surface area contributed by atoms with Crippen molar-refractivity contribution >= 4 is 31.6 Å². The molecule has 1 unspecified atom stereocenters. The van der Waals surface area contributed by atoms with Gasteiger partial charge in [0.15, 0.2) is 0 Å². The SMILES string of the molecule is CCOC(=O)C(COC(C)=O)(COP(=O)(O)N[C@@H](C)C(=O)OC)C(=O)OCC. The average molecular weight is 427 g/mol. The average Bonchev–Trinajstić information content (AvgIpc) is 2.61. The second-order valence-electron chi connectivity index (χ2n) is 5.47. The van der Waals surface area contributed by atoms with Crippen molar-refractivity contribution in [2.24, 2.45) is 5.41 Å². The molecule has 0 saturated carbocycles. The Bertz CT molecular complexity index is 603. The summed E-state index contributed by atoms with van der Waals surface area (Å²) in [5, 5.41) is 1.99. The normalized spacial score (nSPS) is 14.4. The van der Waals surface area contributed by atoms with E-state index in [1.807, 2.05) is 5.09 Å².